The van der Waals surface area contributed by atoms with Gasteiger partial charge in [-0.1, -0.05) is 23.3 Å². The largest absolute Gasteiger partial charge is 0.390 e. The summed E-state index contributed by atoms with van der Waals surface area (Å²) in [5.74, 6) is 0. The number of allylic oxidation sites excluding steroid dienone is 3. The lowest BCUT2D eigenvalue weighted by atomic mass is 10.1. The first-order valence-electron chi connectivity index (χ1n) is 8.06. The molecule has 0 aliphatic carbocycles. The minimum Gasteiger partial charge on any atom is -0.390 e. The summed E-state index contributed by atoms with van der Waals surface area (Å²) in [4.78, 5) is 2.26. The predicted octanol–water partition coefficient (Wildman–Crippen LogP) is 1.96. The molecule has 1 heterocycles. The maximum atomic E-state index is 10.00. The molecule has 0 amide bonds. The van der Waals surface area contributed by atoms with Gasteiger partial charge < -0.3 is 15.2 Å². The van der Waals surface area contributed by atoms with Gasteiger partial charge in [-0.2, -0.15) is 0 Å². The number of β-amino-alcohol motifs (C(OH)–C–C–N with tert-alkyl or cyclic N) is 1. The fourth-order valence-electron chi connectivity index (χ4n) is 2.33. The number of nitrogens with one attached hydrogen (secondary N) is 1. The minimum atomic E-state index is -0.303. The Balaban J connectivity index is 2.07. The van der Waals surface area contributed by atoms with Gasteiger partial charge in [0.25, 0.3) is 0 Å². The van der Waals surface area contributed by atoms with Gasteiger partial charge in [0.1, 0.15) is 0 Å². The SMILES string of the molecule is CC(C)=CCC/C(C)=C/CNCC(O)CN1CCOCC1. The Kier molecular flexibility index (Phi) is 9.59. The van der Waals surface area contributed by atoms with Gasteiger partial charge in [0.05, 0.1) is 19.3 Å². The van der Waals surface area contributed by atoms with Crippen molar-refractivity contribution in [1.29, 1.82) is 0 Å². The lowest BCUT2D eigenvalue weighted by molar-refractivity contribution is 0.0151. The Hall–Kier alpha value is -0.680. The standard InChI is InChI=1S/C17H32N2O2/c1-15(2)5-4-6-16(3)7-8-18-13-17(20)14-19-9-11-21-12-10-19/h5,7,17-18,20H,4,6,8-14H2,1-3H3/b16-7+. The summed E-state index contributed by atoms with van der Waals surface area (Å²) < 4.78 is 5.30. The van der Waals surface area contributed by atoms with Crippen LogP contribution >= 0.6 is 0 Å². The van der Waals surface area contributed by atoms with Crippen LogP contribution in [0.25, 0.3) is 0 Å². The van der Waals surface area contributed by atoms with Crippen molar-refractivity contribution >= 4 is 0 Å². The summed E-state index contributed by atoms with van der Waals surface area (Å²) >= 11 is 0. The van der Waals surface area contributed by atoms with Crippen molar-refractivity contribution in [3.8, 4) is 0 Å². The Morgan fingerprint density at radius 3 is 2.62 bits per heavy atom. The van der Waals surface area contributed by atoms with Gasteiger partial charge in [0.15, 0.2) is 0 Å². The smallest absolute Gasteiger partial charge is 0.0791 e. The normalized spacial score (nSPS) is 18.6. The van der Waals surface area contributed by atoms with E-state index in [4.69, 9.17) is 4.74 Å². The number of rotatable bonds is 9. The molecule has 1 saturated heterocycles. The van der Waals surface area contributed by atoms with Gasteiger partial charge in [-0.15, -0.1) is 0 Å². The first-order valence-corrected chi connectivity index (χ1v) is 8.06. The molecule has 4 heteroatoms. The van der Waals surface area contributed by atoms with Gasteiger partial charge >= 0.3 is 0 Å². The van der Waals surface area contributed by atoms with E-state index in [-0.39, 0.29) is 6.10 Å². The van der Waals surface area contributed by atoms with Crippen LogP contribution in [0.5, 0.6) is 0 Å². The van der Waals surface area contributed by atoms with Crippen molar-refractivity contribution in [1.82, 2.24) is 10.2 Å². The highest BCUT2D eigenvalue weighted by Crippen LogP contribution is 2.05. The number of hydrogen-bond donors (Lipinski definition) is 2. The molecule has 1 aliphatic heterocycles. The monoisotopic (exact) mass is 296 g/mol. The lowest BCUT2D eigenvalue weighted by Crippen LogP contribution is -2.43. The third-order valence-electron chi connectivity index (χ3n) is 3.64. The molecule has 2 N–H and O–H groups in total. The summed E-state index contributed by atoms with van der Waals surface area (Å²) in [6.45, 7) is 12.1. The number of morpholine rings is 1. The van der Waals surface area contributed by atoms with Gasteiger partial charge in [0, 0.05) is 32.7 Å². The summed E-state index contributed by atoms with van der Waals surface area (Å²) in [5, 5.41) is 13.3. The van der Waals surface area contributed by atoms with Crippen LogP contribution < -0.4 is 5.32 Å². The molecule has 0 spiro atoms. The van der Waals surface area contributed by atoms with Crippen molar-refractivity contribution in [3.05, 3.63) is 23.3 Å². The fourth-order valence-corrected chi connectivity index (χ4v) is 2.33. The first kappa shape index (κ1) is 18.4. The van der Waals surface area contributed by atoms with Crippen molar-refractivity contribution in [2.75, 3.05) is 45.9 Å². The second kappa shape index (κ2) is 11.0. The molecule has 1 aliphatic rings. The second-order valence-electron chi connectivity index (χ2n) is 6.10. The maximum Gasteiger partial charge on any atom is 0.0791 e. The molecular formula is C17H32N2O2. The minimum absolute atomic E-state index is 0.303. The van der Waals surface area contributed by atoms with Crippen molar-refractivity contribution in [2.45, 2.75) is 39.7 Å². The fraction of sp³-hybridized carbons (Fsp3) is 0.765. The second-order valence-corrected chi connectivity index (χ2v) is 6.10. The van der Waals surface area contributed by atoms with Crippen molar-refractivity contribution in [3.63, 3.8) is 0 Å². The molecule has 122 valence electrons. The summed E-state index contributed by atoms with van der Waals surface area (Å²) in [7, 11) is 0. The van der Waals surface area contributed by atoms with Gasteiger partial charge in [0.2, 0.25) is 0 Å². The third-order valence-corrected chi connectivity index (χ3v) is 3.64. The molecule has 1 atom stereocenters. The molecule has 1 rings (SSSR count). The Bertz CT molecular complexity index is 330. The van der Waals surface area contributed by atoms with Crippen molar-refractivity contribution < 1.29 is 9.84 Å². The molecule has 0 saturated carbocycles. The molecule has 21 heavy (non-hydrogen) atoms. The van der Waals surface area contributed by atoms with Crippen molar-refractivity contribution in [2.24, 2.45) is 0 Å². The lowest BCUT2D eigenvalue weighted by Gasteiger charge is -2.28. The average Bonchev–Trinajstić information content (AvgIpc) is 2.44. The number of aliphatic hydroxyl groups is 1. The molecule has 4 nitrogen and oxygen atoms in total. The number of nitrogens with zero attached hydrogens (tertiary/aromatic N) is 1. The summed E-state index contributed by atoms with van der Waals surface area (Å²) in [6.07, 6.45) is 6.42. The molecule has 0 bridgehead atoms. The van der Waals surface area contributed by atoms with E-state index in [1.165, 1.54) is 11.1 Å². The zero-order valence-electron chi connectivity index (χ0n) is 13.9. The average molecular weight is 296 g/mol. The quantitative estimate of drug-likeness (QED) is 0.504. The summed E-state index contributed by atoms with van der Waals surface area (Å²) in [5.41, 5.74) is 2.79. The van der Waals surface area contributed by atoms with Crippen LogP contribution in [-0.4, -0.2) is 62.0 Å². The molecule has 1 unspecified atom stereocenters. The van der Waals surface area contributed by atoms with E-state index >= 15 is 0 Å². The summed E-state index contributed by atoms with van der Waals surface area (Å²) in [6, 6.07) is 0. The molecule has 0 aromatic heterocycles. The van der Waals surface area contributed by atoms with Crippen LogP contribution in [0.3, 0.4) is 0 Å². The third kappa shape index (κ3) is 9.80. The van der Waals surface area contributed by atoms with Crippen LogP contribution in [0.2, 0.25) is 0 Å². The Labute approximate surface area is 129 Å². The van der Waals surface area contributed by atoms with Gasteiger partial charge in [-0.3, -0.25) is 4.90 Å². The topological polar surface area (TPSA) is 44.7 Å². The highest BCUT2D eigenvalue weighted by atomic mass is 16.5. The number of aliphatic hydroxyl groups excluding tert-OH is 1. The van der Waals surface area contributed by atoms with E-state index in [2.05, 4.69) is 43.1 Å². The Morgan fingerprint density at radius 1 is 1.24 bits per heavy atom. The molecular weight excluding hydrogens is 264 g/mol. The zero-order chi connectivity index (χ0) is 15.5. The van der Waals surface area contributed by atoms with E-state index in [9.17, 15) is 5.11 Å². The van der Waals surface area contributed by atoms with Crippen LogP contribution in [0.4, 0.5) is 0 Å². The van der Waals surface area contributed by atoms with Gasteiger partial charge in [-0.25, -0.2) is 0 Å². The van der Waals surface area contributed by atoms with E-state index in [1.54, 1.807) is 0 Å². The van der Waals surface area contributed by atoms with E-state index in [1.807, 2.05) is 0 Å². The van der Waals surface area contributed by atoms with Gasteiger partial charge in [-0.05, 0) is 33.6 Å². The van der Waals surface area contributed by atoms with Crippen LogP contribution in [0, 0.1) is 0 Å². The molecule has 0 aromatic carbocycles. The number of ether oxygens (including phenoxy) is 1. The maximum absolute atomic E-state index is 10.00. The van der Waals surface area contributed by atoms with Crippen LogP contribution in [0.15, 0.2) is 23.3 Å². The van der Waals surface area contributed by atoms with Crippen LogP contribution in [0.1, 0.15) is 33.6 Å². The van der Waals surface area contributed by atoms with Crippen LogP contribution in [-0.2, 0) is 4.74 Å². The van der Waals surface area contributed by atoms with E-state index < -0.39 is 0 Å². The highest BCUT2D eigenvalue weighted by molar-refractivity contribution is 5.02. The molecule has 0 aromatic rings. The highest BCUT2D eigenvalue weighted by Gasteiger charge is 2.14. The van der Waals surface area contributed by atoms with E-state index in [0.717, 1.165) is 52.2 Å². The Morgan fingerprint density at radius 2 is 1.95 bits per heavy atom. The molecule has 1 fully saturated rings. The molecule has 0 radical (unpaired) electrons. The predicted molar refractivity (Wildman–Crippen MR) is 88.6 cm³/mol. The van der Waals surface area contributed by atoms with E-state index in [0.29, 0.717) is 6.54 Å². The number of hydrogen-bond acceptors (Lipinski definition) is 4. The first-order chi connectivity index (χ1) is 10.1. The zero-order valence-corrected chi connectivity index (χ0v) is 13.9.